The summed E-state index contributed by atoms with van der Waals surface area (Å²) in [6.45, 7) is 12.4. The van der Waals surface area contributed by atoms with E-state index >= 15 is 0 Å². The predicted molar refractivity (Wildman–Crippen MR) is 99.7 cm³/mol. The number of aliphatic hydroxyl groups is 1. The summed E-state index contributed by atoms with van der Waals surface area (Å²) >= 11 is 0. The van der Waals surface area contributed by atoms with Crippen molar-refractivity contribution in [1.29, 1.82) is 0 Å². The molecule has 0 spiro atoms. The van der Waals surface area contributed by atoms with Crippen LogP contribution in [0, 0.1) is 6.92 Å². The van der Waals surface area contributed by atoms with Crippen molar-refractivity contribution in [2.24, 2.45) is 0 Å². The highest BCUT2D eigenvalue weighted by atomic mass is 16.3. The zero-order valence-corrected chi connectivity index (χ0v) is 16.0. The van der Waals surface area contributed by atoms with Crippen molar-refractivity contribution in [2.45, 2.75) is 65.8 Å². The lowest BCUT2D eigenvalue weighted by molar-refractivity contribution is 0.195. The topological polar surface area (TPSA) is 62.1 Å². The minimum absolute atomic E-state index is 0.0962. The van der Waals surface area contributed by atoms with Gasteiger partial charge < -0.3 is 10.0 Å². The number of nitrogens with zero attached hydrogens (tertiary/aromatic N) is 4. The maximum absolute atomic E-state index is 9.91. The first kappa shape index (κ1) is 18.6. The fourth-order valence-corrected chi connectivity index (χ4v) is 3.04. The maximum Gasteiger partial charge on any atom is 0.142 e. The third-order valence-electron chi connectivity index (χ3n) is 4.77. The van der Waals surface area contributed by atoms with Crippen molar-refractivity contribution in [3.8, 4) is 0 Å². The number of aromatic nitrogens is 3. The highest BCUT2D eigenvalue weighted by molar-refractivity contribution is 5.92. The second kappa shape index (κ2) is 7.01. The molecule has 24 heavy (non-hydrogen) atoms. The van der Waals surface area contributed by atoms with Crippen LogP contribution < -0.4 is 4.90 Å². The lowest BCUT2D eigenvalue weighted by atomic mass is 9.95. The van der Waals surface area contributed by atoms with Gasteiger partial charge in [-0.2, -0.15) is 0 Å². The molecule has 0 fully saturated rings. The van der Waals surface area contributed by atoms with Gasteiger partial charge >= 0.3 is 0 Å². The Kier molecular flexibility index (Phi) is 5.43. The van der Waals surface area contributed by atoms with Gasteiger partial charge in [-0.25, -0.2) is 9.97 Å². The van der Waals surface area contributed by atoms with Crippen LogP contribution in [0.2, 0.25) is 0 Å². The molecule has 5 nitrogen and oxygen atoms in total. The first-order valence-electron chi connectivity index (χ1n) is 8.88. The Morgan fingerprint density at radius 3 is 2.50 bits per heavy atom. The van der Waals surface area contributed by atoms with Crippen LogP contribution in [0.5, 0.6) is 0 Å². The van der Waals surface area contributed by atoms with E-state index in [0.717, 1.165) is 46.8 Å². The Morgan fingerprint density at radius 1 is 1.25 bits per heavy atom. The molecule has 0 aromatic carbocycles. The number of hydrogen-bond acceptors (Lipinski definition) is 5. The van der Waals surface area contributed by atoms with E-state index in [9.17, 15) is 5.11 Å². The van der Waals surface area contributed by atoms with Crippen LogP contribution in [0.15, 0.2) is 6.07 Å². The van der Waals surface area contributed by atoms with Crippen LogP contribution in [0.25, 0.3) is 10.9 Å². The van der Waals surface area contributed by atoms with E-state index in [0.29, 0.717) is 0 Å². The average Bonchev–Trinajstić information content (AvgIpc) is 2.68. The number of hydrogen-bond donors (Lipinski definition) is 1. The van der Waals surface area contributed by atoms with E-state index in [1.54, 1.807) is 0 Å². The normalized spacial score (nSPS) is 20.0. The summed E-state index contributed by atoms with van der Waals surface area (Å²) in [5.41, 5.74) is 2.66. The first-order valence-corrected chi connectivity index (χ1v) is 8.88. The number of likely N-dealkylation sites (N-methyl/N-ethyl adjacent to an activating group) is 1. The molecule has 3 rings (SSSR count). The van der Waals surface area contributed by atoms with E-state index in [4.69, 9.17) is 15.0 Å². The first-order chi connectivity index (χ1) is 11.4. The quantitative estimate of drug-likeness (QED) is 0.911. The van der Waals surface area contributed by atoms with E-state index in [-0.39, 0.29) is 18.1 Å². The zero-order chi connectivity index (χ0) is 18.1. The Hall–Kier alpha value is -1.75. The van der Waals surface area contributed by atoms with Crippen molar-refractivity contribution < 1.29 is 5.11 Å². The minimum Gasteiger partial charge on any atom is -0.394 e. The molecule has 0 unspecified atom stereocenters. The lowest BCUT2D eigenvalue weighted by Gasteiger charge is -2.37. The minimum atomic E-state index is -0.329. The molecule has 0 saturated carbocycles. The van der Waals surface area contributed by atoms with Crippen LogP contribution in [0.3, 0.4) is 0 Å². The Balaban J connectivity index is 0.00000100. The van der Waals surface area contributed by atoms with Crippen LogP contribution in [0.1, 0.15) is 64.2 Å². The second-order valence-corrected chi connectivity index (χ2v) is 6.88. The van der Waals surface area contributed by atoms with Crippen molar-refractivity contribution in [2.75, 3.05) is 18.6 Å². The standard InChI is InChI=1S/C17H24N4O.C2H6/c1-10(2)15-19-13-8-11(3)18-12-6-7-17(4,9-22)21(5)16(20-15)14(12)13;1-2/h8,10,22H,6-7,9H2,1-5H3;1-2H3/t17-;/m1./s1. The molecule has 0 radical (unpaired) electrons. The summed E-state index contributed by atoms with van der Waals surface area (Å²) in [5, 5.41) is 10.9. The van der Waals surface area contributed by atoms with Crippen molar-refractivity contribution in [1.82, 2.24) is 15.0 Å². The number of anilines is 1. The molecule has 0 saturated heterocycles. The molecule has 2 aromatic rings. The molecular weight excluding hydrogens is 300 g/mol. The molecule has 1 aliphatic rings. The van der Waals surface area contributed by atoms with Gasteiger partial charge in [0.15, 0.2) is 0 Å². The molecule has 0 aliphatic carbocycles. The Morgan fingerprint density at radius 2 is 1.92 bits per heavy atom. The fourth-order valence-electron chi connectivity index (χ4n) is 3.04. The van der Waals surface area contributed by atoms with E-state index < -0.39 is 0 Å². The molecule has 5 heteroatoms. The van der Waals surface area contributed by atoms with Gasteiger partial charge in [-0.05, 0) is 32.8 Å². The van der Waals surface area contributed by atoms with Crippen LogP contribution in [0.4, 0.5) is 5.82 Å². The van der Waals surface area contributed by atoms with Crippen LogP contribution in [-0.2, 0) is 6.42 Å². The third-order valence-corrected chi connectivity index (χ3v) is 4.77. The zero-order valence-electron chi connectivity index (χ0n) is 16.0. The summed E-state index contributed by atoms with van der Waals surface area (Å²) < 4.78 is 0. The molecule has 1 aliphatic heterocycles. The SMILES string of the molecule is CC.Cc1cc2nc(C(C)C)nc3c2c(n1)CC[C@](C)(CO)N3C. The van der Waals surface area contributed by atoms with Gasteiger partial charge in [-0.1, -0.05) is 27.7 Å². The lowest BCUT2D eigenvalue weighted by Crippen LogP contribution is -2.47. The predicted octanol–water partition coefficient (Wildman–Crippen LogP) is 3.62. The second-order valence-electron chi connectivity index (χ2n) is 6.88. The molecule has 1 N–H and O–H groups in total. The van der Waals surface area contributed by atoms with Gasteiger partial charge in [0.2, 0.25) is 0 Å². The van der Waals surface area contributed by atoms with Crippen LogP contribution in [-0.4, -0.2) is 39.3 Å². The third kappa shape index (κ3) is 3.09. The molecule has 132 valence electrons. The number of rotatable bonds is 2. The highest BCUT2D eigenvalue weighted by Crippen LogP contribution is 2.37. The summed E-state index contributed by atoms with van der Waals surface area (Å²) in [4.78, 5) is 16.4. The smallest absolute Gasteiger partial charge is 0.142 e. The molecule has 0 bridgehead atoms. The van der Waals surface area contributed by atoms with Crippen molar-refractivity contribution in [3.63, 3.8) is 0 Å². The highest BCUT2D eigenvalue weighted by Gasteiger charge is 2.34. The van der Waals surface area contributed by atoms with Gasteiger partial charge in [0.25, 0.3) is 0 Å². The summed E-state index contributed by atoms with van der Waals surface area (Å²) in [6, 6.07) is 2.03. The van der Waals surface area contributed by atoms with Gasteiger partial charge in [-0.3, -0.25) is 4.98 Å². The monoisotopic (exact) mass is 330 g/mol. The van der Waals surface area contributed by atoms with Crippen molar-refractivity contribution >= 4 is 16.7 Å². The van der Waals surface area contributed by atoms with E-state index in [1.165, 1.54) is 0 Å². The maximum atomic E-state index is 9.91. The molecular formula is C19H30N4O. The summed E-state index contributed by atoms with van der Waals surface area (Å²) in [5.74, 6) is 1.99. The largest absolute Gasteiger partial charge is 0.394 e. The van der Waals surface area contributed by atoms with Gasteiger partial charge in [0, 0.05) is 18.7 Å². The Labute approximate surface area is 145 Å². The molecule has 1 atom stereocenters. The number of pyridine rings is 1. The summed E-state index contributed by atoms with van der Waals surface area (Å²) in [7, 11) is 2.01. The fraction of sp³-hybridized carbons (Fsp3) is 0.632. The number of aryl methyl sites for hydroxylation is 2. The van der Waals surface area contributed by atoms with Gasteiger partial charge in [0.05, 0.1) is 28.7 Å². The number of aliphatic hydroxyl groups excluding tert-OH is 1. The van der Waals surface area contributed by atoms with Gasteiger partial charge in [0.1, 0.15) is 11.6 Å². The van der Waals surface area contributed by atoms with E-state index in [2.05, 4.69) is 25.7 Å². The average molecular weight is 330 g/mol. The van der Waals surface area contributed by atoms with Crippen LogP contribution >= 0.6 is 0 Å². The van der Waals surface area contributed by atoms with E-state index in [1.807, 2.05) is 33.9 Å². The molecule has 2 aromatic heterocycles. The molecule has 3 heterocycles. The van der Waals surface area contributed by atoms with Crippen molar-refractivity contribution in [3.05, 3.63) is 23.3 Å². The molecule has 0 amide bonds. The Bertz CT molecular complexity index is 729. The summed E-state index contributed by atoms with van der Waals surface area (Å²) in [6.07, 6.45) is 1.68. The van der Waals surface area contributed by atoms with Gasteiger partial charge in [-0.15, -0.1) is 0 Å².